The lowest BCUT2D eigenvalue weighted by atomic mass is 9.86. The van der Waals surface area contributed by atoms with Crippen molar-refractivity contribution >= 4 is 52.5 Å². The van der Waals surface area contributed by atoms with Crippen LogP contribution in [0.3, 0.4) is 0 Å². The Morgan fingerprint density at radius 3 is 2.41 bits per heavy atom. The average molecular weight is 576 g/mol. The first-order valence-electron chi connectivity index (χ1n) is 10.6. The molecule has 196 valence electrons. The number of thioether (sulfide) groups is 1. The van der Waals surface area contributed by atoms with Gasteiger partial charge >= 0.3 is 6.18 Å². The maximum atomic E-state index is 14.3. The third kappa shape index (κ3) is 4.77. The van der Waals surface area contributed by atoms with E-state index in [0.29, 0.717) is 21.8 Å². The normalized spacial score (nSPS) is 17.5. The second-order valence-corrected chi connectivity index (χ2v) is 9.89. The quantitative estimate of drug-likeness (QED) is 0.207. The molecule has 0 radical (unpaired) electrons. The van der Waals surface area contributed by atoms with E-state index >= 15 is 0 Å². The summed E-state index contributed by atoms with van der Waals surface area (Å²) < 4.78 is 58.2. The minimum Gasteiger partial charge on any atom is -0.374 e. The lowest BCUT2D eigenvalue weighted by Crippen LogP contribution is -2.42. The molecule has 14 heteroatoms. The fraction of sp³-hybridized carbons (Fsp3) is 0.304. The fourth-order valence-electron chi connectivity index (χ4n) is 3.88. The molecular weight excluding hydrogens is 557 g/mol. The summed E-state index contributed by atoms with van der Waals surface area (Å²) in [6.07, 6.45) is -3.81. The van der Waals surface area contributed by atoms with Crippen LogP contribution in [0.1, 0.15) is 33.5 Å². The van der Waals surface area contributed by atoms with E-state index in [0.717, 1.165) is 12.1 Å². The topological polar surface area (TPSA) is 72.6 Å². The minimum atomic E-state index is -4.93. The van der Waals surface area contributed by atoms with Crippen LogP contribution in [0.15, 0.2) is 40.6 Å². The van der Waals surface area contributed by atoms with Crippen molar-refractivity contribution in [3.05, 3.63) is 68.4 Å². The van der Waals surface area contributed by atoms with Gasteiger partial charge in [-0.3, -0.25) is 9.69 Å². The summed E-state index contributed by atoms with van der Waals surface area (Å²) in [7, 11) is 3.24. The number of hydrogen-bond acceptors (Lipinski definition) is 6. The number of carbonyl (C=O) groups excluding carboxylic acids is 1. The Morgan fingerprint density at radius 1 is 1.22 bits per heavy atom. The standard InChI is InChI=1S/C23H19Cl2F4N5O2S/c1-11-7-12(5-6-14(11)19(35)33(2)20-30-21(37-4)34(3)31-20)17-10-22(36-32-17,23(27,28)29)13-8-15(24)18(26)16(25)9-13/h5-9H,10H2,1-4H3. The van der Waals surface area contributed by atoms with Crippen LogP contribution < -0.4 is 4.90 Å². The molecule has 1 aromatic heterocycles. The highest BCUT2D eigenvalue weighted by atomic mass is 35.5. The van der Waals surface area contributed by atoms with Crippen LogP contribution in [0.4, 0.5) is 23.5 Å². The summed E-state index contributed by atoms with van der Waals surface area (Å²) in [5.74, 6) is -1.22. The molecule has 1 unspecified atom stereocenters. The maximum absolute atomic E-state index is 14.3. The Kier molecular flexibility index (Phi) is 7.21. The van der Waals surface area contributed by atoms with Gasteiger partial charge in [-0.1, -0.05) is 46.2 Å². The molecular formula is C23H19Cl2F4N5O2S. The zero-order valence-corrected chi connectivity index (χ0v) is 22.2. The number of anilines is 1. The van der Waals surface area contributed by atoms with Crippen molar-refractivity contribution in [1.29, 1.82) is 0 Å². The van der Waals surface area contributed by atoms with Gasteiger partial charge in [-0.05, 0) is 48.6 Å². The number of carbonyl (C=O) groups is 1. The predicted molar refractivity (Wildman–Crippen MR) is 133 cm³/mol. The van der Waals surface area contributed by atoms with E-state index in [2.05, 4.69) is 15.2 Å². The molecule has 2 heterocycles. The van der Waals surface area contributed by atoms with E-state index in [-0.39, 0.29) is 11.7 Å². The van der Waals surface area contributed by atoms with E-state index < -0.39 is 45.5 Å². The summed E-state index contributed by atoms with van der Waals surface area (Å²) in [5, 5.41) is 7.41. The molecule has 1 atom stereocenters. The maximum Gasteiger partial charge on any atom is 0.435 e. The van der Waals surface area contributed by atoms with E-state index in [1.807, 2.05) is 6.26 Å². The smallest absolute Gasteiger partial charge is 0.374 e. The highest BCUT2D eigenvalue weighted by molar-refractivity contribution is 7.98. The van der Waals surface area contributed by atoms with Crippen molar-refractivity contribution in [2.24, 2.45) is 12.2 Å². The summed E-state index contributed by atoms with van der Waals surface area (Å²) in [5.41, 5.74) is -2.28. The van der Waals surface area contributed by atoms with Crippen LogP contribution in [-0.4, -0.2) is 45.9 Å². The molecule has 7 nitrogen and oxygen atoms in total. The number of rotatable bonds is 5. The van der Waals surface area contributed by atoms with E-state index in [9.17, 15) is 22.4 Å². The first-order chi connectivity index (χ1) is 17.3. The average Bonchev–Trinajstić information content (AvgIpc) is 3.46. The molecule has 1 aliphatic heterocycles. The SMILES string of the molecule is CSc1nc(N(C)C(=O)c2ccc(C3=NOC(c4cc(Cl)c(F)c(Cl)c4)(C(F)(F)F)C3)cc2C)nn1C. The Bertz CT molecular complexity index is 1410. The number of halogens is 6. The van der Waals surface area contributed by atoms with Gasteiger partial charge in [0.1, 0.15) is 0 Å². The van der Waals surface area contributed by atoms with Crippen molar-refractivity contribution < 1.29 is 27.2 Å². The molecule has 1 aliphatic rings. The minimum absolute atomic E-state index is 0.0136. The molecule has 0 aliphatic carbocycles. The number of alkyl halides is 3. The van der Waals surface area contributed by atoms with Gasteiger partial charge in [0, 0.05) is 31.6 Å². The van der Waals surface area contributed by atoms with E-state index in [1.165, 1.54) is 35.8 Å². The fourth-order valence-corrected chi connectivity index (χ4v) is 4.84. The van der Waals surface area contributed by atoms with Gasteiger partial charge in [-0.25, -0.2) is 9.07 Å². The third-order valence-corrected chi connectivity index (χ3v) is 7.20. The van der Waals surface area contributed by atoms with Crippen LogP contribution >= 0.6 is 35.0 Å². The molecule has 0 bridgehead atoms. The van der Waals surface area contributed by atoms with Crippen LogP contribution in [0, 0.1) is 12.7 Å². The van der Waals surface area contributed by atoms with Crippen molar-refractivity contribution in [2.45, 2.75) is 30.3 Å². The number of oxime groups is 1. The Labute approximate surface area is 223 Å². The molecule has 2 aromatic carbocycles. The number of hydrogen-bond donors (Lipinski definition) is 0. The van der Waals surface area contributed by atoms with E-state index in [1.54, 1.807) is 24.7 Å². The molecule has 0 N–H and O–H groups in total. The monoisotopic (exact) mass is 575 g/mol. The molecule has 1 amide bonds. The summed E-state index contributed by atoms with van der Waals surface area (Å²) in [4.78, 5) is 23.7. The van der Waals surface area contributed by atoms with Gasteiger partial charge in [0.15, 0.2) is 11.0 Å². The summed E-state index contributed by atoms with van der Waals surface area (Å²) in [6.45, 7) is 1.65. The second-order valence-electron chi connectivity index (χ2n) is 8.30. The number of nitrogens with zero attached hydrogens (tertiary/aromatic N) is 5. The van der Waals surface area contributed by atoms with Crippen LogP contribution in [-0.2, 0) is 17.5 Å². The highest BCUT2D eigenvalue weighted by Gasteiger charge is 2.62. The van der Waals surface area contributed by atoms with Crippen LogP contribution in [0.25, 0.3) is 0 Å². The molecule has 3 aromatic rings. The molecule has 0 saturated carbocycles. The van der Waals surface area contributed by atoms with Crippen molar-refractivity contribution in [3.63, 3.8) is 0 Å². The van der Waals surface area contributed by atoms with Crippen molar-refractivity contribution in [3.8, 4) is 0 Å². The first kappa shape index (κ1) is 27.2. The largest absolute Gasteiger partial charge is 0.435 e. The van der Waals surface area contributed by atoms with Crippen LogP contribution in [0.2, 0.25) is 10.0 Å². The lowest BCUT2D eigenvalue weighted by Gasteiger charge is -2.29. The highest BCUT2D eigenvalue weighted by Crippen LogP contribution is 2.50. The zero-order chi connectivity index (χ0) is 27.3. The van der Waals surface area contributed by atoms with Gasteiger partial charge in [0.2, 0.25) is 0 Å². The van der Waals surface area contributed by atoms with Gasteiger partial charge in [-0.2, -0.15) is 18.2 Å². The third-order valence-electron chi connectivity index (χ3n) is 5.93. The van der Waals surface area contributed by atoms with Gasteiger partial charge < -0.3 is 4.84 Å². The summed E-state index contributed by atoms with van der Waals surface area (Å²) >= 11 is 12.9. The first-order valence-corrected chi connectivity index (χ1v) is 12.6. The molecule has 4 rings (SSSR count). The second kappa shape index (κ2) is 9.80. The van der Waals surface area contributed by atoms with Gasteiger partial charge in [0.25, 0.3) is 17.5 Å². The zero-order valence-electron chi connectivity index (χ0n) is 19.8. The number of benzene rings is 2. The molecule has 0 saturated heterocycles. The Morgan fingerprint density at radius 2 is 1.86 bits per heavy atom. The summed E-state index contributed by atoms with van der Waals surface area (Å²) in [6, 6.07) is 6.16. The number of aryl methyl sites for hydroxylation is 2. The van der Waals surface area contributed by atoms with Crippen molar-refractivity contribution in [2.75, 3.05) is 18.2 Å². The van der Waals surface area contributed by atoms with Crippen molar-refractivity contribution in [1.82, 2.24) is 14.8 Å². The van der Waals surface area contributed by atoms with E-state index in [4.69, 9.17) is 28.0 Å². The molecule has 0 fully saturated rings. The van der Waals surface area contributed by atoms with Gasteiger partial charge in [-0.15, -0.1) is 5.10 Å². The Balaban J connectivity index is 1.63. The van der Waals surface area contributed by atoms with Crippen LogP contribution in [0.5, 0.6) is 0 Å². The number of amides is 1. The predicted octanol–water partition coefficient (Wildman–Crippen LogP) is 6.15. The molecule has 0 spiro atoms. The molecule has 37 heavy (non-hydrogen) atoms. The number of aromatic nitrogens is 3. The lowest BCUT2D eigenvalue weighted by molar-refractivity contribution is -0.275. The van der Waals surface area contributed by atoms with Gasteiger partial charge in [0.05, 0.1) is 15.8 Å². The Hall–Kier alpha value is -2.83.